The van der Waals surface area contributed by atoms with Gasteiger partial charge in [-0.15, -0.1) is 0 Å². The first-order valence-corrected chi connectivity index (χ1v) is 9.03. The summed E-state index contributed by atoms with van der Waals surface area (Å²) in [5.74, 6) is 0.214. The topological polar surface area (TPSA) is 78.7 Å². The van der Waals surface area contributed by atoms with Crippen LogP contribution >= 0.6 is 0 Å². The number of carbonyl (C=O) groups is 1. The third-order valence-electron chi connectivity index (χ3n) is 4.82. The molecule has 1 N–H and O–H groups in total. The number of nitrogens with zero attached hydrogens (tertiary/aromatic N) is 6. The highest BCUT2D eigenvalue weighted by Crippen LogP contribution is 2.17. The Morgan fingerprint density at radius 2 is 1.85 bits per heavy atom. The number of hydrogen-bond acceptors (Lipinski definition) is 6. The number of aromatic nitrogens is 4. The lowest BCUT2D eigenvalue weighted by molar-refractivity contribution is 0.102. The molecule has 0 radical (unpaired) electrons. The van der Waals surface area contributed by atoms with Crippen LogP contribution in [0.3, 0.4) is 0 Å². The van der Waals surface area contributed by atoms with Gasteiger partial charge < -0.3 is 19.5 Å². The van der Waals surface area contributed by atoms with E-state index < -0.39 is 0 Å². The monoisotopic (exact) mass is 365 g/mol. The molecular formula is C19H23N7O. The molecule has 1 aliphatic heterocycles. The molecule has 0 bridgehead atoms. The standard InChI is InChI=1S/C19H23N7O/c1-13-11-26-12-17(22-18(26)14(2)21-13)23-19(27)16-5-4-15(10-20-16)25-8-6-24(3)7-9-25/h4-5,10-12H,6-9H2,1-3H3,(H,23,27). The van der Waals surface area contributed by atoms with Crippen molar-refractivity contribution in [2.45, 2.75) is 13.8 Å². The minimum atomic E-state index is -0.273. The SMILES string of the molecule is Cc1cn2cc(NC(=O)c3ccc(N4CCN(C)CC4)cn3)nc2c(C)n1. The summed E-state index contributed by atoms with van der Waals surface area (Å²) in [6.07, 6.45) is 5.43. The molecule has 1 amide bonds. The molecule has 4 rings (SSSR count). The van der Waals surface area contributed by atoms with E-state index in [1.54, 1.807) is 18.5 Å². The van der Waals surface area contributed by atoms with Crippen LogP contribution in [-0.4, -0.2) is 63.4 Å². The van der Waals surface area contributed by atoms with Crippen LogP contribution < -0.4 is 10.2 Å². The normalized spacial score (nSPS) is 15.3. The van der Waals surface area contributed by atoms with Crippen LogP contribution in [-0.2, 0) is 0 Å². The van der Waals surface area contributed by atoms with Crippen LogP contribution in [0.1, 0.15) is 21.9 Å². The van der Waals surface area contributed by atoms with Gasteiger partial charge in [0.15, 0.2) is 11.5 Å². The number of hydrogen-bond donors (Lipinski definition) is 1. The Kier molecular flexibility index (Phi) is 4.49. The van der Waals surface area contributed by atoms with Gasteiger partial charge >= 0.3 is 0 Å². The summed E-state index contributed by atoms with van der Waals surface area (Å²) in [5, 5.41) is 2.82. The molecule has 140 valence electrons. The predicted octanol–water partition coefficient (Wildman–Crippen LogP) is 1.75. The average molecular weight is 365 g/mol. The molecule has 1 saturated heterocycles. The van der Waals surface area contributed by atoms with Gasteiger partial charge in [0.2, 0.25) is 0 Å². The fraction of sp³-hybridized carbons (Fsp3) is 0.368. The highest BCUT2D eigenvalue weighted by atomic mass is 16.1. The molecular weight excluding hydrogens is 342 g/mol. The van der Waals surface area contributed by atoms with Gasteiger partial charge in [-0.2, -0.15) is 0 Å². The Bertz CT molecular complexity index is 972. The number of aryl methyl sites for hydroxylation is 2. The second-order valence-electron chi connectivity index (χ2n) is 6.97. The van der Waals surface area contributed by atoms with Crippen LogP contribution in [0.15, 0.2) is 30.7 Å². The minimum absolute atomic E-state index is 0.273. The molecule has 3 aromatic heterocycles. The Morgan fingerprint density at radius 3 is 2.56 bits per heavy atom. The fourth-order valence-electron chi connectivity index (χ4n) is 3.32. The van der Waals surface area contributed by atoms with E-state index in [4.69, 9.17) is 0 Å². The number of anilines is 2. The van der Waals surface area contributed by atoms with Gasteiger partial charge in [0.05, 0.1) is 29.5 Å². The number of fused-ring (bicyclic) bond motifs is 1. The summed E-state index contributed by atoms with van der Waals surface area (Å²) in [5.41, 5.74) is 3.87. The van der Waals surface area contributed by atoms with Gasteiger partial charge in [0, 0.05) is 32.4 Å². The molecule has 3 aromatic rings. The molecule has 0 aromatic carbocycles. The Hall–Kier alpha value is -3.00. The maximum atomic E-state index is 12.5. The lowest BCUT2D eigenvalue weighted by atomic mass is 10.2. The molecule has 0 aliphatic carbocycles. The van der Waals surface area contributed by atoms with Crippen molar-refractivity contribution in [2.75, 3.05) is 43.4 Å². The van der Waals surface area contributed by atoms with E-state index >= 15 is 0 Å². The van der Waals surface area contributed by atoms with Crippen molar-refractivity contribution in [3.63, 3.8) is 0 Å². The quantitative estimate of drug-likeness (QED) is 0.762. The highest BCUT2D eigenvalue weighted by Gasteiger charge is 2.16. The molecule has 0 atom stereocenters. The number of amides is 1. The molecule has 0 saturated carbocycles. The zero-order valence-corrected chi connectivity index (χ0v) is 15.8. The summed E-state index contributed by atoms with van der Waals surface area (Å²) in [4.78, 5) is 30.3. The summed E-state index contributed by atoms with van der Waals surface area (Å²) in [6, 6.07) is 3.71. The first-order chi connectivity index (χ1) is 13.0. The van der Waals surface area contributed by atoms with Gasteiger partial charge in [-0.05, 0) is 33.0 Å². The summed E-state index contributed by atoms with van der Waals surface area (Å²) >= 11 is 0. The van der Waals surface area contributed by atoms with Crippen molar-refractivity contribution < 1.29 is 4.79 Å². The summed E-state index contributed by atoms with van der Waals surface area (Å²) < 4.78 is 1.87. The van der Waals surface area contributed by atoms with Crippen LogP contribution in [0.2, 0.25) is 0 Å². The number of imidazole rings is 1. The molecule has 8 nitrogen and oxygen atoms in total. The van der Waals surface area contributed by atoms with E-state index in [1.165, 1.54) is 0 Å². The second kappa shape index (κ2) is 6.96. The second-order valence-corrected chi connectivity index (χ2v) is 6.97. The van der Waals surface area contributed by atoms with E-state index in [2.05, 4.69) is 37.1 Å². The number of nitrogens with one attached hydrogen (secondary N) is 1. The smallest absolute Gasteiger partial charge is 0.275 e. The summed E-state index contributed by atoms with van der Waals surface area (Å²) in [6.45, 7) is 7.83. The van der Waals surface area contributed by atoms with E-state index in [9.17, 15) is 4.79 Å². The third kappa shape index (κ3) is 3.61. The number of piperazine rings is 1. The third-order valence-corrected chi connectivity index (χ3v) is 4.82. The Morgan fingerprint density at radius 1 is 1.07 bits per heavy atom. The first-order valence-electron chi connectivity index (χ1n) is 9.03. The van der Waals surface area contributed by atoms with Gasteiger partial charge in [0.25, 0.3) is 5.91 Å². The van der Waals surface area contributed by atoms with Gasteiger partial charge in [-0.1, -0.05) is 0 Å². The molecule has 0 unspecified atom stereocenters. The van der Waals surface area contributed by atoms with E-state index in [0.717, 1.165) is 48.9 Å². The largest absolute Gasteiger partial charge is 0.368 e. The van der Waals surface area contributed by atoms with Crippen LogP contribution in [0, 0.1) is 13.8 Å². The maximum absolute atomic E-state index is 12.5. The zero-order valence-electron chi connectivity index (χ0n) is 15.8. The van der Waals surface area contributed by atoms with Crippen molar-refractivity contribution in [1.29, 1.82) is 0 Å². The molecule has 8 heteroatoms. The van der Waals surface area contributed by atoms with Gasteiger partial charge in [-0.3, -0.25) is 9.78 Å². The van der Waals surface area contributed by atoms with E-state index in [-0.39, 0.29) is 5.91 Å². The van der Waals surface area contributed by atoms with E-state index in [1.807, 2.05) is 30.5 Å². The molecule has 27 heavy (non-hydrogen) atoms. The lowest BCUT2D eigenvalue weighted by Gasteiger charge is -2.33. The van der Waals surface area contributed by atoms with Crippen molar-refractivity contribution in [3.05, 3.63) is 47.8 Å². The van der Waals surface area contributed by atoms with Crippen LogP contribution in [0.5, 0.6) is 0 Å². The predicted molar refractivity (Wildman–Crippen MR) is 104 cm³/mol. The average Bonchev–Trinajstić information content (AvgIpc) is 3.05. The Balaban J connectivity index is 1.47. The Labute approximate surface area is 157 Å². The van der Waals surface area contributed by atoms with Crippen molar-refractivity contribution in [2.24, 2.45) is 0 Å². The summed E-state index contributed by atoms with van der Waals surface area (Å²) in [7, 11) is 2.13. The number of likely N-dealkylation sites (N-methyl/N-ethyl adjacent to an activating group) is 1. The van der Waals surface area contributed by atoms with Crippen LogP contribution in [0.4, 0.5) is 11.5 Å². The van der Waals surface area contributed by atoms with Gasteiger partial charge in [0.1, 0.15) is 5.69 Å². The highest BCUT2D eigenvalue weighted by molar-refractivity contribution is 6.02. The molecule has 0 spiro atoms. The lowest BCUT2D eigenvalue weighted by Crippen LogP contribution is -2.44. The van der Waals surface area contributed by atoms with E-state index in [0.29, 0.717) is 11.5 Å². The minimum Gasteiger partial charge on any atom is -0.368 e. The molecule has 1 aliphatic rings. The van der Waals surface area contributed by atoms with Crippen LogP contribution in [0.25, 0.3) is 5.65 Å². The zero-order chi connectivity index (χ0) is 19.0. The molecule has 4 heterocycles. The number of carbonyl (C=O) groups excluding carboxylic acids is 1. The number of pyridine rings is 1. The molecule has 1 fully saturated rings. The number of rotatable bonds is 3. The maximum Gasteiger partial charge on any atom is 0.275 e. The van der Waals surface area contributed by atoms with Crippen molar-refractivity contribution in [3.8, 4) is 0 Å². The fourth-order valence-corrected chi connectivity index (χ4v) is 3.32. The van der Waals surface area contributed by atoms with Gasteiger partial charge in [-0.25, -0.2) is 9.97 Å². The first kappa shape index (κ1) is 17.4. The van der Waals surface area contributed by atoms with Crippen molar-refractivity contribution >= 4 is 23.1 Å². The van der Waals surface area contributed by atoms with Crippen molar-refractivity contribution in [1.82, 2.24) is 24.3 Å².